The first-order valence-electron chi connectivity index (χ1n) is 7.40. The summed E-state index contributed by atoms with van der Waals surface area (Å²) in [6.07, 6.45) is 4.54. The molecule has 1 unspecified atom stereocenters. The van der Waals surface area contributed by atoms with Crippen LogP contribution >= 0.6 is 0 Å². The van der Waals surface area contributed by atoms with Crippen molar-refractivity contribution in [1.29, 1.82) is 0 Å². The van der Waals surface area contributed by atoms with Gasteiger partial charge in [0.1, 0.15) is 0 Å². The molecule has 0 bridgehead atoms. The largest absolute Gasteiger partial charge is 0.312 e. The van der Waals surface area contributed by atoms with Gasteiger partial charge in [-0.1, -0.05) is 6.07 Å². The van der Waals surface area contributed by atoms with Crippen LogP contribution in [0.15, 0.2) is 24.4 Å². The second kappa shape index (κ2) is 6.49. The lowest BCUT2D eigenvalue weighted by Crippen LogP contribution is -2.44. The number of nitrogens with one attached hydrogen (secondary N) is 1. The molecule has 1 N–H and O–H groups in total. The molecule has 1 saturated heterocycles. The molecule has 1 atom stereocenters. The number of hydrogen-bond acceptors (Lipinski definition) is 3. The van der Waals surface area contributed by atoms with Crippen molar-refractivity contribution in [1.82, 2.24) is 15.2 Å². The van der Waals surface area contributed by atoms with E-state index in [-0.39, 0.29) is 5.54 Å². The molecule has 0 radical (unpaired) electrons. The van der Waals surface area contributed by atoms with Crippen molar-refractivity contribution in [3.63, 3.8) is 0 Å². The average Bonchev–Trinajstić information content (AvgIpc) is 2.37. The smallest absolute Gasteiger partial charge is 0.0543 e. The van der Waals surface area contributed by atoms with Gasteiger partial charge < -0.3 is 5.32 Å². The standard InChI is InChI=1S/C16H27N3/c1-16(2,3)18-11-14-7-6-10-19(12-14)13-15-8-4-5-9-17-15/h4-5,8-9,14,18H,6-7,10-13H2,1-3H3. The van der Waals surface area contributed by atoms with Crippen LogP contribution in [0.3, 0.4) is 0 Å². The van der Waals surface area contributed by atoms with E-state index in [1.807, 2.05) is 12.3 Å². The third kappa shape index (κ3) is 5.29. The van der Waals surface area contributed by atoms with Gasteiger partial charge in [0.15, 0.2) is 0 Å². The molecule has 1 aromatic rings. The third-order valence-electron chi connectivity index (χ3n) is 3.64. The van der Waals surface area contributed by atoms with Crippen molar-refractivity contribution in [2.45, 2.75) is 45.7 Å². The van der Waals surface area contributed by atoms with Crippen LogP contribution in [0.25, 0.3) is 0 Å². The van der Waals surface area contributed by atoms with Crippen LogP contribution in [0.2, 0.25) is 0 Å². The fraction of sp³-hybridized carbons (Fsp3) is 0.688. The van der Waals surface area contributed by atoms with Gasteiger partial charge in [-0.15, -0.1) is 0 Å². The zero-order valence-corrected chi connectivity index (χ0v) is 12.5. The van der Waals surface area contributed by atoms with Gasteiger partial charge in [0.2, 0.25) is 0 Å². The third-order valence-corrected chi connectivity index (χ3v) is 3.64. The van der Waals surface area contributed by atoms with Gasteiger partial charge >= 0.3 is 0 Å². The zero-order valence-electron chi connectivity index (χ0n) is 12.5. The van der Waals surface area contributed by atoms with E-state index in [0.29, 0.717) is 0 Å². The predicted molar refractivity (Wildman–Crippen MR) is 80.0 cm³/mol. The molecule has 0 aromatic carbocycles. The Labute approximate surface area is 117 Å². The van der Waals surface area contributed by atoms with Gasteiger partial charge in [-0.2, -0.15) is 0 Å². The minimum absolute atomic E-state index is 0.225. The predicted octanol–water partition coefficient (Wildman–Crippen LogP) is 2.68. The lowest BCUT2D eigenvalue weighted by atomic mass is 9.96. The Balaban J connectivity index is 1.80. The summed E-state index contributed by atoms with van der Waals surface area (Å²) in [5.74, 6) is 0.775. The summed E-state index contributed by atoms with van der Waals surface area (Å²) < 4.78 is 0. The van der Waals surface area contributed by atoms with Crippen LogP contribution in [0.5, 0.6) is 0 Å². The van der Waals surface area contributed by atoms with Crippen LogP contribution in [0, 0.1) is 5.92 Å². The fourth-order valence-corrected chi connectivity index (χ4v) is 2.63. The van der Waals surface area contributed by atoms with Gasteiger partial charge in [-0.05, 0) is 64.8 Å². The first-order valence-corrected chi connectivity index (χ1v) is 7.40. The summed E-state index contributed by atoms with van der Waals surface area (Å²) in [5, 5.41) is 3.63. The maximum absolute atomic E-state index is 4.43. The van der Waals surface area contributed by atoms with Crippen molar-refractivity contribution < 1.29 is 0 Å². The van der Waals surface area contributed by atoms with Crippen LogP contribution < -0.4 is 5.32 Å². The normalized spacial score (nSPS) is 21.5. The van der Waals surface area contributed by atoms with E-state index in [9.17, 15) is 0 Å². The maximum Gasteiger partial charge on any atom is 0.0543 e. The number of piperidine rings is 1. The Morgan fingerprint density at radius 1 is 1.37 bits per heavy atom. The van der Waals surface area contributed by atoms with E-state index in [0.717, 1.165) is 19.0 Å². The molecule has 1 aromatic heterocycles. The second-order valence-electron chi connectivity index (χ2n) is 6.70. The Bertz CT molecular complexity index is 369. The minimum atomic E-state index is 0.225. The number of nitrogens with zero attached hydrogens (tertiary/aromatic N) is 2. The number of aromatic nitrogens is 1. The molecular formula is C16H27N3. The SMILES string of the molecule is CC(C)(C)NCC1CCCN(Cc2ccccn2)C1. The average molecular weight is 261 g/mol. The molecule has 0 spiro atoms. The van der Waals surface area contributed by atoms with E-state index >= 15 is 0 Å². The molecule has 0 aliphatic carbocycles. The number of rotatable bonds is 4. The number of hydrogen-bond donors (Lipinski definition) is 1. The van der Waals surface area contributed by atoms with Gasteiger partial charge in [0.05, 0.1) is 5.69 Å². The Morgan fingerprint density at radius 2 is 2.21 bits per heavy atom. The summed E-state index contributed by atoms with van der Waals surface area (Å²) in [5.41, 5.74) is 1.41. The fourth-order valence-electron chi connectivity index (χ4n) is 2.63. The molecule has 19 heavy (non-hydrogen) atoms. The quantitative estimate of drug-likeness (QED) is 0.903. The molecule has 1 aliphatic heterocycles. The van der Waals surface area contributed by atoms with Gasteiger partial charge in [0.25, 0.3) is 0 Å². The van der Waals surface area contributed by atoms with E-state index in [1.54, 1.807) is 0 Å². The minimum Gasteiger partial charge on any atom is -0.312 e. The summed E-state index contributed by atoms with van der Waals surface area (Å²) in [7, 11) is 0. The highest BCUT2D eigenvalue weighted by atomic mass is 15.1. The highest BCUT2D eigenvalue weighted by molar-refractivity contribution is 5.03. The summed E-state index contributed by atoms with van der Waals surface area (Å²) in [4.78, 5) is 6.97. The first kappa shape index (κ1) is 14.5. The van der Waals surface area contributed by atoms with Crippen LogP contribution in [-0.2, 0) is 6.54 Å². The van der Waals surface area contributed by atoms with Crippen molar-refractivity contribution in [3.05, 3.63) is 30.1 Å². The summed E-state index contributed by atoms with van der Waals surface area (Å²) in [6.45, 7) is 11.2. The molecule has 0 saturated carbocycles. The maximum atomic E-state index is 4.43. The molecule has 1 fully saturated rings. The molecule has 106 valence electrons. The Morgan fingerprint density at radius 3 is 2.89 bits per heavy atom. The van der Waals surface area contributed by atoms with Gasteiger partial charge in [0, 0.05) is 24.8 Å². The molecule has 2 heterocycles. The monoisotopic (exact) mass is 261 g/mol. The van der Waals surface area contributed by atoms with Crippen molar-refractivity contribution in [3.8, 4) is 0 Å². The highest BCUT2D eigenvalue weighted by Gasteiger charge is 2.21. The van der Waals surface area contributed by atoms with Crippen LogP contribution in [0.4, 0.5) is 0 Å². The molecule has 0 amide bonds. The summed E-state index contributed by atoms with van der Waals surface area (Å²) >= 11 is 0. The second-order valence-corrected chi connectivity index (χ2v) is 6.70. The molecule has 3 nitrogen and oxygen atoms in total. The van der Waals surface area contributed by atoms with Crippen LogP contribution in [0.1, 0.15) is 39.3 Å². The molecule has 3 heteroatoms. The lowest BCUT2D eigenvalue weighted by molar-refractivity contribution is 0.158. The van der Waals surface area contributed by atoms with E-state index in [4.69, 9.17) is 0 Å². The van der Waals surface area contributed by atoms with Crippen LogP contribution in [-0.4, -0.2) is 35.1 Å². The number of pyridine rings is 1. The van der Waals surface area contributed by atoms with E-state index in [1.165, 1.54) is 31.6 Å². The highest BCUT2D eigenvalue weighted by Crippen LogP contribution is 2.18. The number of likely N-dealkylation sites (tertiary alicyclic amines) is 1. The summed E-state index contributed by atoms with van der Waals surface area (Å²) in [6, 6.07) is 6.18. The lowest BCUT2D eigenvalue weighted by Gasteiger charge is -2.34. The Kier molecular flexibility index (Phi) is 4.94. The van der Waals surface area contributed by atoms with Crippen molar-refractivity contribution in [2.75, 3.05) is 19.6 Å². The van der Waals surface area contributed by atoms with E-state index in [2.05, 4.69) is 48.1 Å². The van der Waals surface area contributed by atoms with Crippen molar-refractivity contribution in [2.24, 2.45) is 5.92 Å². The first-order chi connectivity index (χ1) is 9.03. The Hall–Kier alpha value is -0.930. The van der Waals surface area contributed by atoms with E-state index < -0.39 is 0 Å². The molecule has 2 rings (SSSR count). The molecule has 1 aliphatic rings. The topological polar surface area (TPSA) is 28.2 Å². The van der Waals surface area contributed by atoms with Gasteiger partial charge in [-0.25, -0.2) is 0 Å². The van der Waals surface area contributed by atoms with Crippen molar-refractivity contribution >= 4 is 0 Å². The zero-order chi connectivity index (χ0) is 13.7. The van der Waals surface area contributed by atoms with Gasteiger partial charge in [-0.3, -0.25) is 9.88 Å². The molecular weight excluding hydrogens is 234 g/mol.